The van der Waals surface area contributed by atoms with Crippen LogP contribution in [0.4, 0.5) is 0 Å². The molecule has 0 saturated carbocycles. The van der Waals surface area contributed by atoms with E-state index in [9.17, 15) is 9.59 Å². The van der Waals surface area contributed by atoms with Crippen molar-refractivity contribution in [2.45, 2.75) is 19.4 Å². The maximum Gasteiger partial charge on any atom is 0.268 e. The van der Waals surface area contributed by atoms with Crippen molar-refractivity contribution in [1.29, 1.82) is 0 Å². The van der Waals surface area contributed by atoms with Crippen molar-refractivity contribution in [3.05, 3.63) is 23.5 Å². The number of hydrogen-bond acceptors (Lipinski definition) is 3. The Morgan fingerprint density at radius 2 is 2.00 bits per heavy atom. The predicted molar refractivity (Wildman–Crippen MR) is 71.8 cm³/mol. The van der Waals surface area contributed by atoms with E-state index in [1.807, 2.05) is 13.8 Å². The van der Waals surface area contributed by atoms with Crippen molar-refractivity contribution in [3.63, 3.8) is 0 Å². The molecule has 6 nitrogen and oxygen atoms in total. The molecule has 0 bridgehead atoms. The molecule has 0 aliphatic heterocycles. The zero-order chi connectivity index (χ0) is 13.2. The Hall–Kier alpha value is -1.53. The summed E-state index contributed by atoms with van der Waals surface area (Å²) in [6.45, 7) is 3.97. The highest BCUT2D eigenvalue weighted by Gasteiger charge is 2.21. The Balaban J connectivity index is 0.00000289. The monoisotopic (exact) mass is 274 g/mol. The van der Waals surface area contributed by atoms with Gasteiger partial charge in [0.1, 0.15) is 5.69 Å². The lowest BCUT2D eigenvalue weighted by Crippen LogP contribution is -2.49. The van der Waals surface area contributed by atoms with Crippen LogP contribution in [0, 0.1) is 0 Å². The molecule has 1 heterocycles. The van der Waals surface area contributed by atoms with Crippen molar-refractivity contribution in [2.24, 2.45) is 18.5 Å². The van der Waals surface area contributed by atoms with E-state index < -0.39 is 11.4 Å². The molecule has 18 heavy (non-hydrogen) atoms. The molecule has 0 fully saturated rings. The largest absolute Gasteiger partial charge is 0.366 e. The molecule has 0 aliphatic carbocycles. The van der Waals surface area contributed by atoms with Gasteiger partial charge in [0.15, 0.2) is 0 Å². The Bertz CT molecular complexity index is 454. The third kappa shape index (κ3) is 3.75. The smallest absolute Gasteiger partial charge is 0.268 e. The predicted octanol–water partition coefficient (Wildman–Crippen LogP) is 0.0129. The minimum Gasteiger partial charge on any atom is -0.366 e. The van der Waals surface area contributed by atoms with Gasteiger partial charge in [-0.3, -0.25) is 9.59 Å². The molecular formula is C11H19ClN4O2. The maximum atomic E-state index is 11.9. The number of amides is 2. The van der Waals surface area contributed by atoms with Gasteiger partial charge in [-0.2, -0.15) is 0 Å². The topological polar surface area (TPSA) is 103 Å². The van der Waals surface area contributed by atoms with Crippen LogP contribution in [0.25, 0.3) is 0 Å². The number of primary amides is 1. The molecule has 1 aromatic rings. The van der Waals surface area contributed by atoms with Crippen molar-refractivity contribution in [3.8, 4) is 0 Å². The van der Waals surface area contributed by atoms with Gasteiger partial charge in [0.25, 0.3) is 5.91 Å². The second kappa shape index (κ2) is 5.88. The second-order valence-electron chi connectivity index (χ2n) is 4.63. The summed E-state index contributed by atoms with van der Waals surface area (Å²) in [4.78, 5) is 22.9. The zero-order valence-electron chi connectivity index (χ0n) is 10.7. The van der Waals surface area contributed by atoms with E-state index in [1.165, 1.54) is 12.3 Å². The van der Waals surface area contributed by atoms with Crippen molar-refractivity contribution < 1.29 is 9.59 Å². The average molecular weight is 275 g/mol. The van der Waals surface area contributed by atoms with E-state index in [-0.39, 0.29) is 18.3 Å². The summed E-state index contributed by atoms with van der Waals surface area (Å²) >= 11 is 0. The highest BCUT2D eigenvalue weighted by Crippen LogP contribution is 2.08. The lowest BCUT2D eigenvalue weighted by atomic mass is 10.1. The summed E-state index contributed by atoms with van der Waals surface area (Å²) in [6.07, 6.45) is 1.52. The van der Waals surface area contributed by atoms with E-state index in [4.69, 9.17) is 11.5 Å². The summed E-state index contributed by atoms with van der Waals surface area (Å²) in [5.41, 5.74) is 10.9. The van der Waals surface area contributed by atoms with Crippen molar-refractivity contribution in [2.75, 3.05) is 6.54 Å². The highest BCUT2D eigenvalue weighted by molar-refractivity contribution is 5.98. The van der Waals surface area contributed by atoms with Crippen LogP contribution in [0.15, 0.2) is 12.3 Å². The minimum absolute atomic E-state index is 0. The van der Waals surface area contributed by atoms with Gasteiger partial charge in [0.2, 0.25) is 5.91 Å². The zero-order valence-corrected chi connectivity index (χ0v) is 11.5. The van der Waals surface area contributed by atoms with Crippen LogP contribution in [0.1, 0.15) is 34.7 Å². The average Bonchev–Trinajstić information content (AvgIpc) is 2.60. The molecule has 102 valence electrons. The Morgan fingerprint density at radius 3 is 2.39 bits per heavy atom. The van der Waals surface area contributed by atoms with Gasteiger partial charge < -0.3 is 21.4 Å². The highest BCUT2D eigenvalue weighted by atomic mass is 35.5. The van der Waals surface area contributed by atoms with E-state index in [1.54, 1.807) is 11.6 Å². The van der Waals surface area contributed by atoms with Gasteiger partial charge >= 0.3 is 0 Å². The first-order valence-electron chi connectivity index (χ1n) is 5.25. The van der Waals surface area contributed by atoms with Gasteiger partial charge in [-0.15, -0.1) is 12.4 Å². The number of nitrogens with one attached hydrogen (secondary N) is 1. The fraction of sp³-hybridized carbons (Fsp3) is 0.455. The molecule has 0 spiro atoms. The molecule has 0 aliphatic rings. The third-order valence-electron chi connectivity index (χ3n) is 2.48. The fourth-order valence-electron chi connectivity index (χ4n) is 1.35. The van der Waals surface area contributed by atoms with Gasteiger partial charge in [-0.25, -0.2) is 0 Å². The molecule has 1 rings (SSSR count). The van der Waals surface area contributed by atoms with Gasteiger partial charge in [-0.05, 0) is 19.9 Å². The molecule has 0 atom stereocenters. The number of carbonyl (C=O) groups excluding carboxylic acids is 2. The first-order chi connectivity index (χ1) is 7.76. The van der Waals surface area contributed by atoms with Crippen LogP contribution in [-0.2, 0) is 7.05 Å². The summed E-state index contributed by atoms with van der Waals surface area (Å²) in [5.74, 6) is -0.840. The van der Waals surface area contributed by atoms with Gasteiger partial charge in [-0.1, -0.05) is 0 Å². The number of nitrogens with zero attached hydrogens (tertiary/aromatic N) is 1. The van der Waals surface area contributed by atoms with E-state index in [0.717, 1.165) is 0 Å². The van der Waals surface area contributed by atoms with Crippen LogP contribution in [0.2, 0.25) is 0 Å². The number of aromatic nitrogens is 1. The number of hydrogen-bond donors (Lipinski definition) is 3. The number of rotatable bonds is 4. The van der Waals surface area contributed by atoms with Crippen LogP contribution < -0.4 is 16.8 Å². The van der Waals surface area contributed by atoms with E-state index >= 15 is 0 Å². The molecule has 0 radical (unpaired) electrons. The number of carbonyl (C=O) groups is 2. The molecule has 2 amide bonds. The summed E-state index contributed by atoms with van der Waals surface area (Å²) in [7, 11) is 1.68. The quantitative estimate of drug-likeness (QED) is 0.721. The Morgan fingerprint density at radius 1 is 1.44 bits per heavy atom. The first-order valence-corrected chi connectivity index (χ1v) is 5.25. The maximum absolute atomic E-state index is 11.9. The lowest BCUT2D eigenvalue weighted by Gasteiger charge is -2.24. The standard InChI is InChI=1S/C11H18N4O2.ClH/c1-11(2,6-12)14-10(17)8-4-7(9(13)16)5-15(8)3;/h4-5H,6,12H2,1-3H3,(H2,13,16)(H,14,17);1H. The molecule has 1 aromatic heterocycles. The van der Waals surface area contributed by atoms with Crippen LogP contribution in [-0.4, -0.2) is 28.5 Å². The molecule has 0 saturated heterocycles. The normalized spacial score (nSPS) is 10.7. The van der Waals surface area contributed by atoms with Crippen LogP contribution >= 0.6 is 12.4 Å². The Kier molecular flexibility index (Phi) is 5.38. The van der Waals surface area contributed by atoms with Gasteiger partial charge in [0.05, 0.1) is 5.56 Å². The van der Waals surface area contributed by atoms with Crippen molar-refractivity contribution >= 4 is 24.2 Å². The van der Waals surface area contributed by atoms with E-state index in [0.29, 0.717) is 17.8 Å². The molecule has 0 aromatic carbocycles. The summed E-state index contributed by atoms with van der Waals surface area (Å²) in [6, 6.07) is 1.46. The molecule has 5 N–H and O–H groups in total. The minimum atomic E-state index is -0.558. The fourth-order valence-corrected chi connectivity index (χ4v) is 1.35. The number of halogens is 1. The second-order valence-corrected chi connectivity index (χ2v) is 4.63. The molecule has 7 heteroatoms. The third-order valence-corrected chi connectivity index (χ3v) is 2.48. The Labute approximate surface area is 112 Å². The number of aryl methyl sites for hydroxylation is 1. The SMILES string of the molecule is Cl.Cn1cc(C(N)=O)cc1C(=O)NC(C)(C)CN. The van der Waals surface area contributed by atoms with Crippen LogP contribution in [0.5, 0.6) is 0 Å². The van der Waals surface area contributed by atoms with Crippen LogP contribution in [0.3, 0.4) is 0 Å². The number of nitrogens with two attached hydrogens (primary N) is 2. The summed E-state index contributed by atoms with van der Waals surface area (Å²) in [5, 5.41) is 2.78. The van der Waals surface area contributed by atoms with E-state index in [2.05, 4.69) is 5.32 Å². The molecular weight excluding hydrogens is 256 g/mol. The lowest BCUT2D eigenvalue weighted by molar-refractivity contribution is 0.0907. The molecule has 0 unspecified atom stereocenters. The van der Waals surface area contributed by atoms with Gasteiger partial charge in [0, 0.05) is 25.3 Å². The van der Waals surface area contributed by atoms with Crippen molar-refractivity contribution in [1.82, 2.24) is 9.88 Å². The summed E-state index contributed by atoms with van der Waals surface area (Å²) < 4.78 is 1.56. The first kappa shape index (κ1) is 16.5.